The molecule has 5 nitrogen and oxygen atoms in total. The standard InChI is InChI=1S/C14H15NO4/c1-3-19-13(17)9-15-12(16)8-7-10-5-4-6-11(18-2)14(10)15/h4-8H,3,9H2,1-2H3. The SMILES string of the molecule is CCOC(=O)Cn1c(=O)ccc2cccc(OC)c21. The molecule has 0 aliphatic carbocycles. The van der Waals surface area contributed by atoms with Crippen molar-refractivity contribution in [1.82, 2.24) is 4.57 Å². The molecular formula is C14H15NO4. The largest absolute Gasteiger partial charge is 0.495 e. The zero-order valence-corrected chi connectivity index (χ0v) is 10.9. The molecule has 1 heterocycles. The number of nitrogens with zero attached hydrogens (tertiary/aromatic N) is 1. The predicted molar refractivity (Wildman–Crippen MR) is 71.4 cm³/mol. The van der Waals surface area contributed by atoms with E-state index in [0.29, 0.717) is 11.3 Å². The van der Waals surface area contributed by atoms with E-state index in [-0.39, 0.29) is 18.7 Å². The summed E-state index contributed by atoms with van der Waals surface area (Å²) in [5.74, 6) is 0.113. The molecule has 0 saturated heterocycles. The maximum atomic E-state index is 11.9. The Morgan fingerprint density at radius 1 is 1.26 bits per heavy atom. The van der Waals surface area contributed by atoms with Crippen LogP contribution in [-0.2, 0) is 16.1 Å². The van der Waals surface area contributed by atoms with Crippen molar-refractivity contribution in [3.63, 3.8) is 0 Å². The average molecular weight is 261 g/mol. The normalized spacial score (nSPS) is 10.4. The molecule has 0 saturated carbocycles. The second-order valence-corrected chi connectivity index (χ2v) is 3.96. The smallest absolute Gasteiger partial charge is 0.326 e. The number of aromatic nitrogens is 1. The van der Waals surface area contributed by atoms with E-state index in [2.05, 4.69) is 0 Å². The lowest BCUT2D eigenvalue weighted by Gasteiger charge is -2.12. The Bertz CT molecular complexity index is 660. The van der Waals surface area contributed by atoms with Crippen molar-refractivity contribution < 1.29 is 14.3 Å². The van der Waals surface area contributed by atoms with Crippen molar-refractivity contribution in [3.05, 3.63) is 40.7 Å². The number of fused-ring (bicyclic) bond motifs is 1. The number of rotatable bonds is 4. The molecule has 0 unspecified atom stereocenters. The lowest BCUT2D eigenvalue weighted by atomic mass is 10.2. The number of carbonyl (C=O) groups is 1. The van der Waals surface area contributed by atoms with Crippen LogP contribution in [0.5, 0.6) is 5.75 Å². The van der Waals surface area contributed by atoms with Gasteiger partial charge in [-0.25, -0.2) is 0 Å². The van der Waals surface area contributed by atoms with Crippen molar-refractivity contribution in [1.29, 1.82) is 0 Å². The van der Waals surface area contributed by atoms with Crippen molar-refractivity contribution >= 4 is 16.9 Å². The van der Waals surface area contributed by atoms with Gasteiger partial charge in [-0.1, -0.05) is 12.1 Å². The first-order valence-electron chi connectivity index (χ1n) is 5.99. The Kier molecular flexibility index (Phi) is 3.85. The number of para-hydroxylation sites is 1. The van der Waals surface area contributed by atoms with E-state index in [1.54, 1.807) is 19.1 Å². The molecule has 1 aromatic heterocycles. The Balaban J connectivity index is 2.60. The minimum absolute atomic E-state index is 0.121. The van der Waals surface area contributed by atoms with Crippen LogP contribution in [0.1, 0.15) is 6.92 Å². The Labute approximate surface area is 110 Å². The van der Waals surface area contributed by atoms with Gasteiger partial charge in [0.2, 0.25) is 0 Å². The van der Waals surface area contributed by atoms with Crippen LogP contribution in [0.25, 0.3) is 10.9 Å². The van der Waals surface area contributed by atoms with Gasteiger partial charge >= 0.3 is 5.97 Å². The number of hydrogen-bond acceptors (Lipinski definition) is 4. The van der Waals surface area contributed by atoms with Gasteiger partial charge in [0.1, 0.15) is 12.3 Å². The minimum Gasteiger partial charge on any atom is -0.495 e. The molecule has 0 radical (unpaired) electrons. The number of ether oxygens (including phenoxy) is 2. The quantitative estimate of drug-likeness (QED) is 0.784. The van der Waals surface area contributed by atoms with Crippen LogP contribution < -0.4 is 10.3 Å². The molecule has 0 aliphatic heterocycles. The minimum atomic E-state index is -0.442. The maximum absolute atomic E-state index is 11.9. The fourth-order valence-electron chi connectivity index (χ4n) is 1.98. The molecular weight excluding hydrogens is 246 g/mol. The molecule has 0 N–H and O–H groups in total. The molecule has 100 valence electrons. The monoisotopic (exact) mass is 261 g/mol. The summed E-state index contributed by atoms with van der Waals surface area (Å²) in [5.41, 5.74) is 0.343. The molecule has 2 aromatic rings. The molecule has 0 amide bonds. The van der Waals surface area contributed by atoms with E-state index in [0.717, 1.165) is 5.39 Å². The number of benzene rings is 1. The van der Waals surface area contributed by atoms with Crippen molar-refractivity contribution in [3.8, 4) is 5.75 Å². The van der Waals surface area contributed by atoms with E-state index in [4.69, 9.17) is 9.47 Å². The van der Waals surface area contributed by atoms with Crippen molar-refractivity contribution in [2.75, 3.05) is 13.7 Å². The molecule has 1 aromatic carbocycles. The Hall–Kier alpha value is -2.30. The van der Waals surface area contributed by atoms with Crippen LogP contribution >= 0.6 is 0 Å². The highest BCUT2D eigenvalue weighted by Gasteiger charge is 2.12. The maximum Gasteiger partial charge on any atom is 0.326 e. The third-order valence-electron chi connectivity index (χ3n) is 2.78. The second-order valence-electron chi connectivity index (χ2n) is 3.96. The van der Waals surface area contributed by atoms with Gasteiger partial charge in [-0.15, -0.1) is 0 Å². The van der Waals surface area contributed by atoms with Gasteiger partial charge in [-0.3, -0.25) is 14.2 Å². The molecule has 0 spiro atoms. The number of pyridine rings is 1. The first-order chi connectivity index (χ1) is 9.17. The van der Waals surface area contributed by atoms with Crippen molar-refractivity contribution in [2.24, 2.45) is 0 Å². The molecule has 0 fully saturated rings. The average Bonchev–Trinajstić information content (AvgIpc) is 2.41. The summed E-state index contributed by atoms with van der Waals surface area (Å²) in [6, 6.07) is 8.59. The Morgan fingerprint density at radius 3 is 2.74 bits per heavy atom. The zero-order chi connectivity index (χ0) is 13.8. The van der Waals surface area contributed by atoms with E-state index >= 15 is 0 Å². The summed E-state index contributed by atoms with van der Waals surface area (Å²) in [6.07, 6.45) is 0. The number of esters is 1. The van der Waals surface area contributed by atoms with Gasteiger partial charge in [-0.05, 0) is 19.1 Å². The topological polar surface area (TPSA) is 57.5 Å². The summed E-state index contributed by atoms with van der Waals surface area (Å²) in [7, 11) is 1.53. The molecule has 0 aliphatic rings. The molecule has 19 heavy (non-hydrogen) atoms. The van der Waals surface area contributed by atoms with Gasteiger partial charge in [0.25, 0.3) is 5.56 Å². The molecule has 5 heteroatoms. The highest BCUT2D eigenvalue weighted by atomic mass is 16.5. The van der Waals surface area contributed by atoms with Crippen LogP contribution in [0.2, 0.25) is 0 Å². The summed E-state index contributed by atoms with van der Waals surface area (Å²) >= 11 is 0. The summed E-state index contributed by atoms with van der Waals surface area (Å²) < 4.78 is 11.5. The van der Waals surface area contributed by atoms with Crippen LogP contribution in [-0.4, -0.2) is 24.3 Å². The van der Waals surface area contributed by atoms with Gasteiger partial charge < -0.3 is 9.47 Å². The molecule has 0 atom stereocenters. The second kappa shape index (κ2) is 5.56. The van der Waals surface area contributed by atoms with Crippen LogP contribution in [0, 0.1) is 0 Å². The van der Waals surface area contributed by atoms with E-state index in [1.807, 2.05) is 12.1 Å². The number of carbonyl (C=O) groups excluding carboxylic acids is 1. The fourth-order valence-corrected chi connectivity index (χ4v) is 1.98. The van der Waals surface area contributed by atoms with Gasteiger partial charge in [-0.2, -0.15) is 0 Å². The summed E-state index contributed by atoms with van der Waals surface area (Å²) in [6.45, 7) is 1.89. The van der Waals surface area contributed by atoms with E-state index in [9.17, 15) is 9.59 Å². The fraction of sp³-hybridized carbons (Fsp3) is 0.286. The van der Waals surface area contributed by atoms with E-state index < -0.39 is 5.97 Å². The van der Waals surface area contributed by atoms with Crippen molar-refractivity contribution in [2.45, 2.75) is 13.5 Å². The summed E-state index contributed by atoms with van der Waals surface area (Å²) in [5, 5.41) is 0.836. The van der Waals surface area contributed by atoms with Crippen LogP contribution in [0.15, 0.2) is 35.1 Å². The first kappa shape index (κ1) is 13.1. The van der Waals surface area contributed by atoms with Crippen LogP contribution in [0.4, 0.5) is 0 Å². The van der Waals surface area contributed by atoms with Gasteiger partial charge in [0.15, 0.2) is 0 Å². The molecule has 0 bridgehead atoms. The Morgan fingerprint density at radius 2 is 2.05 bits per heavy atom. The summed E-state index contributed by atoms with van der Waals surface area (Å²) in [4.78, 5) is 23.5. The van der Waals surface area contributed by atoms with E-state index in [1.165, 1.54) is 17.7 Å². The molecule has 2 rings (SSSR count). The zero-order valence-electron chi connectivity index (χ0n) is 10.9. The lowest BCUT2D eigenvalue weighted by molar-refractivity contribution is -0.143. The third-order valence-corrected chi connectivity index (χ3v) is 2.78. The number of hydrogen-bond donors (Lipinski definition) is 0. The first-order valence-corrected chi connectivity index (χ1v) is 5.99. The van der Waals surface area contributed by atoms with Gasteiger partial charge in [0.05, 0.1) is 19.2 Å². The van der Waals surface area contributed by atoms with Gasteiger partial charge in [0, 0.05) is 11.5 Å². The lowest BCUT2D eigenvalue weighted by Crippen LogP contribution is -2.25. The highest BCUT2D eigenvalue weighted by molar-refractivity contribution is 5.86. The predicted octanol–water partition coefficient (Wildman–Crippen LogP) is 1.57. The van der Waals surface area contributed by atoms with Crippen LogP contribution in [0.3, 0.4) is 0 Å². The highest BCUT2D eigenvalue weighted by Crippen LogP contribution is 2.23. The number of methoxy groups -OCH3 is 1. The third kappa shape index (κ3) is 2.59.